The van der Waals surface area contributed by atoms with Crippen LogP contribution in [-0.4, -0.2) is 10.6 Å². The smallest absolute Gasteiger partial charge is 0.0622 e. The Bertz CT molecular complexity index is 561. The second-order valence-corrected chi connectivity index (χ2v) is 4.81. The van der Waals surface area contributed by atoms with Gasteiger partial charge in [0.05, 0.1) is 6.07 Å². The summed E-state index contributed by atoms with van der Waals surface area (Å²) in [5.41, 5.74) is 8.44. The molecule has 94 valence electrons. The van der Waals surface area contributed by atoms with Crippen LogP contribution in [0.15, 0.2) is 30.5 Å². The number of hydrogen-bond donors (Lipinski definition) is 1. The summed E-state index contributed by atoms with van der Waals surface area (Å²) in [4.78, 5) is 0. The van der Waals surface area contributed by atoms with Crippen LogP contribution in [0, 0.1) is 11.3 Å². The highest BCUT2D eigenvalue weighted by Crippen LogP contribution is 2.22. The Morgan fingerprint density at radius 1 is 1.39 bits per heavy atom. The van der Waals surface area contributed by atoms with Gasteiger partial charge in [-0.05, 0) is 31.4 Å². The minimum absolute atomic E-state index is 0.170. The molecule has 0 aliphatic rings. The van der Waals surface area contributed by atoms with Crippen molar-refractivity contribution in [3.8, 4) is 6.07 Å². The van der Waals surface area contributed by atoms with Crippen LogP contribution in [0.4, 0.5) is 0 Å². The van der Waals surface area contributed by atoms with Crippen molar-refractivity contribution < 1.29 is 0 Å². The fraction of sp³-hybridized carbons (Fsp3) is 0.400. The summed E-state index contributed by atoms with van der Waals surface area (Å²) in [7, 11) is 0. The van der Waals surface area contributed by atoms with Gasteiger partial charge in [-0.3, -0.25) is 0 Å². The van der Waals surface area contributed by atoms with Crippen LogP contribution in [0.2, 0.25) is 0 Å². The van der Waals surface area contributed by atoms with Crippen LogP contribution in [0.3, 0.4) is 0 Å². The number of nitriles is 1. The highest BCUT2D eigenvalue weighted by Gasteiger charge is 2.09. The lowest BCUT2D eigenvalue weighted by atomic mass is 10.1. The molecule has 0 amide bonds. The summed E-state index contributed by atoms with van der Waals surface area (Å²) in [6, 6.07) is 10.8. The Morgan fingerprint density at radius 3 is 2.89 bits per heavy atom. The number of aromatic nitrogens is 1. The quantitative estimate of drug-likeness (QED) is 0.818. The third kappa shape index (κ3) is 2.72. The van der Waals surface area contributed by atoms with E-state index in [1.807, 2.05) is 6.92 Å². The van der Waals surface area contributed by atoms with Crippen LogP contribution in [0.1, 0.15) is 25.3 Å². The Labute approximate surface area is 108 Å². The van der Waals surface area contributed by atoms with Gasteiger partial charge >= 0.3 is 0 Å². The zero-order valence-electron chi connectivity index (χ0n) is 10.8. The molecule has 0 spiro atoms. The molecule has 2 rings (SSSR count). The van der Waals surface area contributed by atoms with Gasteiger partial charge in [-0.25, -0.2) is 0 Å². The first-order chi connectivity index (χ1) is 8.72. The van der Waals surface area contributed by atoms with Gasteiger partial charge < -0.3 is 10.3 Å². The normalized spacial score (nSPS) is 12.5. The van der Waals surface area contributed by atoms with E-state index in [4.69, 9.17) is 11.0 Å². The lowest BCUT2D eigenvalue weighted by molar-refractivity contribution is 0.668. The molecule has 0 aliphatic heterocycles. The van der Waals surface area contributed by atoms with Crippen molar-refractivity contribution in [2.24, 2.45) is 5.73 Å². The van der Waals surface area contributed by atoms with Gasteiger partial charge in [0.25, 0.3) is 0 Å². The maximum Gasteiger partial charge on any atom is 0.0622 e. The van der Waals surface area contributed by atoms with E-state index in [1.54, 1.807) is 0 Å². The van der Waals surface area contributed by atoms with E-state index in [0.29, 0.717) is 6.42 Å². The maximum absolute atomic E-state index is 8.61. The number of benzene rings is 1. The molecule has 1 aromatic carbocycles. The summed E-state index contributed by atoms with van der Waals surface area (Å²) in [6.45, 7) is 2.93. The molecule has 18 heavy (non-hydrogen) atoms. The zero-order chi connectivity index (χ0) is 13.0. The lowest BCUT2D eigenvalue weighted by Crippen LogP contribution is -2.17. The average Bonchev–Trinajstić information content (AvgIpc) is 2.68. The summed E-state index contributed by atoms with van der Waals surface area (Å²) < 4.78 is 2.24. The van der Waals surface area contributed by atoms with Crippen molar-refractivity contribution in [1.82, 2.24) is 4.57 Å². The number of para-hydroxylation sites is 1. The van der Waals surface area contributed by atoms with Crippen molar-refractivity contribution in [3.05, 3.63) is 36.0 Å². The average molecular weight is 241 g/mol. The molecule has 3 nitrogen and oxygen atoms in total. The summed E-state index contributed by atoms with van der Waals surface area (Å²) >= 11 is 0. The fourth-order valence-corrected chi connectivity index (χ4v) is 2.35. The SMILES string of the molecule is CC(N)Cc1cn(CCCC#N)c2ccccc12. The van der Waals surface area contributed by atoms with E-state index < -0.39 is 0 Å². The number of nitrogens with zero attached hydrogens (tertiary/aromatic N) is 2. The van der Waals surface area contributed by atoms with E-state index >= 15 is 0 Å². The van der Waals surface area contributed by atoms with Crippen LogP contribution >= 0.6 is 0 Å². The summed E-state index contributed by atoms with van der Waals surface area (Å²) in [5, 5.41) is 9.89. The molecule has 0 fully saturated rings. The molecular weight excluding hydrogens is 222 g/mol. The van der Waals surface area contributed by atoms with E-state index in [-0.39, 0.29) is 6.04 Å². The predicted octanol–water partition coefficient (Wildman–Crippen LogP) is 2.83. The molecule has 0 saturated heterocycles. The second kappa shape index (κ2) is 5.70. The zero-order valence-corrected chi connectivity index (χ0v) is 10.8. The maximum atomic E-state index is 8.61. The van der Waals surface area contributed by atoms with Crippen LogP contribution < -0.4 is 5.73 Å². The number of unbranched alkanes of at least 4 members (excludes halogenated alkanes) is 1. The standard InChI is InChI=1S/C15H19N3/c1-12(17)10-13-11-18(9-5-4-8-16)15-7-3-2-6-14(13)15/h2-3,6-7,11-12H,4-5,9-10,17H2,1H3. The molecule has 1 aromatic heterocycles. The van der Waals surface area contributed by atoms with Crippen LogP contribution in [0.5, 0.6) is 0 Å². The third-order valence-electron chi connectivity index (χ3n) is 3.10. The Hall–Kier alpha value is -1.79. The number of rotatable bonds is 5. The predicted molar refractivity (Wildman–Crippen MR) is 74.1 cm³/mol. The molecule has 1 unspecified atom stereocenters. The number of hydrogen-bond acceptors (Lipinski definition) is 2. The van der Waals surface area contributed by atoms with E-state index in [1.165, 1.54) is 16.5 Å². The molecule has 0 aliphatic carbocycles. The van der Waals surface area contributed by atoms with Crippen molar-refractivity contribution in [2.75, 3.05) is 0 Å². The molecule has 2 aromatic rings. The first-order valence-electron chi connectivity index (χ1n) is 6.41. The Balaban J connectivity index is 2.32. The van der Waals surface area contributed by atoms with Crippen molar-refractivity contribution in [2.45, 2.75) is 38.8 Å². The van der Waals surface area contributed by atoms with Gasteiger partial charge in [0.1, 0.15) is 0 Å². The van der Waals surface area contributed by atoms with Crippen LogP contribution in [0.25, 0.3) is 10.9 Å². The van der Waals surface area contributed by atoms with Gasteiger partial charge in [0.15, 0.2) is 0 Å². The first-order valence-corrected chi connectivity index (χ1v) is 6.41. The Kier molecular flexibility index (Phi) is 4.01. The lowest BCUT2D eigenvalue weighted by Gasteiger charge is -2.02. The third-order valence-corrected chi connectivity index (χ3v) is 3.10. The van der Waals surface area contributed by atoms with Crippen molar-refractivity contribution >= 4 is 10.9 Å². The van der Waals surface area contributed by atoms with Crippen LogP contribution in [-0.2, 0) is 13.0 Å². The fourth-order valence-electron chi connectivity index (χ4n) is 2.35. The monoisotopic (exact) mass is 241 g/mol. The molecule has 1 heterocycles. The molecule has 1 atom stereocenters. The molecule has 0 saturated carbocycles. The van der Waals surface area contributed by atoms with Gasteiger partial charge in [-0.1, -0.05) is 18.2 Å². The molecular formula is C15H19N3. The molecule has 0 bridgehead atoms. The molecule has 3 heteroatoms. The summed E-state index contributed by atoms with van der Waals surface area (Å²) in [5.74, 6) is 0. The second-order valence-electron chi connectivity index (χ2n) is 4.81. The highest BCUT2D eigenvalue weighted by atomic mass is 15.0. The van der Waals surface area contributed by atoms with E-state index in [2.05, 4.69) is 41.1 Å². The van der Waals surface area contributed by atoms with Gasteiger partial charge in [0, 0.05) is 36.1 Å². The minimum Gasteiger partial charge on any atom is -0.347 e. The van der Waals surface area contributed by atoms with Gasteiger partial charge in [0.2, 0.25) is 0 Å². The van der Waals surface area contributed by atoms with Crippen molar-refractivity contribution in [3.63, 3.8) is 0 Å². The van der Waals surface area contributed by atoms with Gasteiger partial charge in [-0.2, -0.15) is 5.26 Å². The highest BCUT2D eigenvalue weighted by molar-refractivity contribution is 5.84. The Morgan fingerprint density at radius 2 is 2.17 bits per heavy atom. The first kappa shape index (κ1) is 12.7. The largest absolute Gasteiger partial charge is 0.347 e. The molecule has 2 N–H and O–H groups in total. The number of nitrogens with two attached hydrogens (primary N) is 1. The van der Waals surface area contributed by atoms with Gasteiger partial charge in [-0.15, -0.1) is 0 Å². The summed E-state index contributed by atoms with van der Waals surface area (Å²) in [6.07, 6.45) is 4.58. The number of aryl methyl sites for hydroxylation is 1. The van der Waals surface area contributed by atoms with E-state index in [0.717, 1.165) is 19.4 Å². The topological polar surface area (TPSA) is 54.7 Å². The molecule has 0 radical (unpaired) electrons. The minimum atomic E-state index is 0.170. The van der Waals surface area contributed by atoms with E-state index in [9.17, 15) is 0 Å². The number of fused-ring (bicyclic) bond motifs is 1. The van der Waals surface area contributed by atoms with Crippen molar-refractivity contribution in [1.29, 1.82) is 5.26 Å².